The molecule has 0 radical (unpaired) electrons. The van der Waals surface area contributed by atoms with Crippen LogP contribution >= 0.6 is 0 Å². The van der Waals surface area contributed by atoms with E-state index in [-0.39, 0.29) is 16.1 Å². The molecule has 0 aliphatic heterocycles. The second kappa shape index (κ2) is 5.35. The molecule has 0 spiro atoms. The Morgan fingerprint density at radius 2 is 2.11 bits per heavy atom. The maximum Gasteiger partial charge on any atom is 0.272 e. The highest BCUT2D eigenvalue weighted by atomic mass is 16.6. The zero-order valence-electron chi connectivity index (χ0n) is 11.4. The molecule has 0 saturated carbocycles. The molecule has 0 aliphatic carbocycles. The lowest BCUT2D eigenvalue weighted by atomic mass is 9.88. The quantitative estimate of drug-likeness (QED) is 0.622. The average molecular weight is 251 g/mol. The summed E-state index contributed by atoms with van der Waals surface area (Å²) in [5, 5.41) is 14.1. The van der Waals surface area contributed by atoms with Crippen LogP contribution in [-0.2, 0) is 0 Å². The molecule has 18 heavy (non-hydrogen) atoms. The van der Waals surface area contributed by atoms with E-state index in [9.17, 15) is 10.1 Å². The number of nitro groups is 1. The van der Waals surface area contributed by atoms with Crippen LogP contribution in [-0.4, -0.2) is 17.0 Å². The monoisotopic (exact) mass is 251 g/mol. The Hall–Kier alpha value is -1.62. The van der Waals surface area contributed by atoms with Crippen molar-refractivity contribution in [1.29, 1.82) is 0 Å². The Morgan fingerprint density at radius 3 is 2.50 bits per heavy atom. The van der Waals surface area contributed by atoms with Gasteiger partial charge in [-0.1, -0.05) is 13.8 Å². The highest BCUT2D eigenvalue weighted by Crippen LogP contribution is 2.26. The normalized spacial score (nSPS) is 14.3. The fourth-order valence-electron chi connectivity index (χ4n) is 1.70. The van der Waals surface area contributed by atoms with Crippen LogP contribution in [0.5, 0.6) is 0 Å². The van der Waals surface area contributed by atoms with Gasteiger partial charge in [0, 0.05) is 29.4 Å². The third kappa shape index (κ3) is 2.98. The molecule has 0 fully saturated rings. The summed E-state index contributed by atoms with van der Waals surface area (Å²) >= 11 is 0. The largest absolute Gasteiger partial charge is 0.378 e. The van der Waals surface area contributed by atoms with E-state index >= 15 is 0 Å². The van der Waals surface area contributed by atoms with E-state index in [1.807, 2.05) is 0 Å². The van der Waals surface area contributed by atoms with Crippen molar-refractivity contribution in [3.8, 4) is 0 Å². The fraction of sp³-hybridized carbons (Fsp3) is 0.538. The van der Waals surface area contributed by atoms with Gasteiger partial charge >= 0.3 is 0 Å². The van der Waals surface area contributed by atoms with Crippen molar-refractivity contribution in [1.82, 2.24) is 0 Å². The van der Waals surface area contributed by atoms with E-state index in [4.69, 9.17) is 5.73 Å². The summed E-state index contributed by atoms with van der Waals surface area (Å²) in [6.07, 6.45) is 0. The van der Waals surface area contributed by atoms with Crippen LogP contribution in [0.2, 0.25) is 0 Å². The minimum atomic E-state index is -0.371. The number of hydrogen-bond acceptors (Lipinski definition) is 4. The molecule has 5 heteroatoms. The van der Waals surface area contributed by atoms with Gasteiger partial charge in [0.15, 0.2) is 0 Å². The van der Waals surface area contributed by atoms with Crippen molar-refractivity contribution in [3.05, 3.63) is 33.9 Å². The van der Waals surface area contributed by atoms with E-state index in [0.29, 0.717) is 18.0 Å². The molecule has 100 valence electrons. The highest BCUT2D eigenvalue weighted by Gasteiger charge is 2.26. The lowest BCUT2D eigenvalue weighted by Crippen LogP contribution is -2.47. The average Bonchev–Trinajstić information content (AvgIpc) is 2.28. The van der Waals surface area contributed by atoms with Gasteiger partial charge in [-0.25, -0.2) is 0 Å². The van der Waals surface area contributed by atoms with Gasteiger partial charge in [-0.3, -0.25) is 10.1 Å². The van der Waals surface area contributed by atoms with Gasteiger partial charge in [-0.2, -0.15) is 0 Å². The van der Waals surface area contributed by atoms with Crippen molar-refractivity contribution in [2.75, 3.05) is 11.9 Å². The molecule has 0 amide bonds. The number of nitrogens with zero attached hydrogens (tertiary/aromatic N) is 1. The zero-order chi connectivity index (χ0) is 13.9. The van der Waals surface area contributed by atoms with Crippen LogP contribution in [0.1, 0.15) is 26.3 Å². The molecule has 1 aromatic carbocycles. The summed E-state index contributed by atoms with van der Waals surface area (Å²) < 4.78 is 0. The van der Waals surface area contributed by atoms with Gasteiger partial charge in [-0.15, -0.1) is 0 Å². The predicted octanol–water partition coefficient (Wildman–Crippen LogP) is 2.69. The molecule has 5 nitrogen and oxygen atoms in total. The molecular weight excluding hydrogens is 230 g/mol. The SMILES string of the molecule is Cc1cc(NC(C)(CN)C(C)C)ccc1[N+](=O)[O-]. The van der Waals surface area contributed by atoms with Crippen LogP contribution in [0, 0.1) is 23.0 Å². The summed E-state index contributed by atoms with van der Waals surface area (Å²) in [6.45, 7) is 8.48. The zero-order valence-corrected chi connectivity index (χ0v) is 11.4. The number of nitro benzene ring substituents is 1. The molecule has 0 bridgehead atoms. The van der Waals surface area contributed by atoms with Crippen molar-refractivity contribution in [2.24, 2.45) is 11.7 Å². The molecule has 0 saturated heterocycles. The molecule has 1 rings (SSSR count). The second-order valence-corrected chi connectivity index (χ2v) is 5.16. The molecule has 1 unspecified atom stereocenters. The Labute approximate surface area is 108 Å². The van der Waals surface area contributed by atoms with E-state index in [2.05, 4.69) is 26.1 Å². The fourth-order valence-corrected chi connectivity index (χ4v) is 1.70. The summed E-state index contributed by atoms with van der Waals surface area (Å²) in [4.78, 5) is 10.4. The number of anilines is 1. The Bertz CT molecular complexity index is 446. The van der Waals surface area contributed by atoms with E-state index in [1.165, 1.54) is 6.07 Å². The Kier molecular flexibility index (Phi) is 4.29. The van der Waals surface area contributed by atoms with Gasteiger partial charge in [-0.05, 0) is 31.9 Å². The van der Waals surface area contributed by atoms with Crippen molar-refractivity contribution in [3.63, 3.8) is 0 Å². The maximum atomic E-state index is 10.7. The van der Waals surface area contributed by atoms with Gasteiger partial charge < -0.3 is 11.1 Å². The summed E-state index contributed by atoms with van der Waals surface area (Å²) in [5.74, 6) is 0.359. The molecule has 0 aromatic heterocycles. The lowest BCUT2D eigenvalue weighted by Gasteiger charge is -2.34. The van der Waals surface area contributed by atoms with Crippen LogP contribution in [0.4, 0.5) is 11.4 Å². The van der Waals surface area contributed by atoms with Crippen molar-refractivity contribution in [2.45, 2.75) is 33.2 Å². The number of rotatable bonds is 5. The van der Waals surface area contributed by atoms with Gasteiger partial charge in [0.1, 0.15) is 0 Å². The first-order valence-corrected chi connectivity index (χ1v) is 6.03. The maximum absolute atomic E-state index is 10.7. The van der Waals surface area contributed by atoms with Crippen molar-refractivity contribution < 1.29 is 4.92 Å². The third-order valence-corrected chi connectivity index (χ3v) is 3.52. The van der Waals surface area contributed by atoms with Gasteiger partial charge in [0.25, 0.3) is 5.69 Å². The first kappa shape index (κ1) is 14.4. The molecule has 3 N–H and O–H groups in total. The standard InChI is InChI=1S/C13H21N3O2/c1-9(2)13(4,8-14)15-11-5-6-12(16(17)18)10(3)7-11/h5-7,9,15H,8,14H2,1-4H3. The second-order valence-electron chi connectivity index (χ2n) is 5.16. The number of nitrogens with two attached hydrogens (primary N) is 1. The number of nitrogens with one attached hydrogen (secondary N) is 1. The van der Waals surface area contributed by atoms with Crippen LogP contribution in [0.15, 0.2) is 18.2 Å². The van der Waals surface area contributed by atoms with E-state index in [1.54, 1.807) is 19.1 Å². The summed E-state index contributed by atoms with van der Waals surface area (Å²) in [5.41, 5.74) is 7.23. The third-order valence-electron chi connectivity index (χ3n) is 3.52. The van der Waals surface area contributed by atoms with Crippen LogP contribution < -0.4 is 11.1 Å². The van der Waals surface area contributed by atoms with E-state index in [0.717, 1.165) is 5.69 Å². The minimum absolute atomic E-state index is 0.138. The first-order valence-electron chi connectivity index (χ1n) is 6.03. The van der Waals surface area contributed by atoms with Gasteiger partial charge in [0.05, 0.1) is 4.92 Å². The number of aryl methyl sites for hydroxylation is 1. The molecule has 1 aromatic rings. The topological polar surface area (TPSA) is 81.2 Å². The van der Waals surface area contributed by atoms with Gasteiger partial charge in [0.2, 0.25) is 0 Å². The smallest absolute Gasteiger partial charge is 0.272 e. The molecular formula is C13H21N3O2. The Morgan fingerprint density at radius 1 is 1.50 bits per heavy atom. The lowest BCUT2D eigenvalue weighted by molar-refractivity contribution is -0.385. The number of benzene rings is 1. The summed E-state index contributed by atoms with van der Waals surface area (Å²) in [7, 11) is 0. The molecule has 0 heterocycles. The van der Waals surface area contributed by atoms with Crippen LogP contribution in [0.3, 0.4) is 0 Å². The van der Waals surface area contributed by atoms with E-state index < -0.39 is 0 Å². The molecule has 0 aliphatic rings. The van der Waals surface area contributed by atoms with Crippen molar-refractivity contribution >= 4 is 11.4 Å². The summed E-state index contributed by atoms with van der Waals surface area (Å²) in [6, 6.07) is 5.03. The minimum Gasteiger partial charge on any atom is -0.378 e. The number of hydrogen-bond donors (Lipinski definition) is 2. The predicted molar refractivity (Wildman–Crippen MR) is 73.8 cm³/mol. The first-order chi connectivity index (χ1) is 8.30. The Balaban J connectivity index is 2.99. The van der Waals surface area contributed by atoms with Crippen LogP contribution in [0.25, 0.3) is 0 Å². The highest BCUT2D eigenvalue weighted by molar-refractivity contribution is 5.54. The molecule has 1 atom stereocenters.